The first-order valence-corrected chi connectivity index (χ1v) is 7.51. The fourth-order valence-electron chi connectivity index (χ4n) is 3.71. The lowest BCUT2D eigenvalue weighted by atomic mass is 9.79. The molecule has 2 N–H and O–H groups in total. The van der Waals surface area contributed by atoms with E-state index >= 15 is 0 Å². The van der Waals surface area contributed by atoms with Crippen LogP contribution in [0.5, 0.6) is 0 Å². The van der Waals surface area contributed by atoms with E-state index < -0.39 is 0 Å². The second-order valence-electron chi connectivity index (χ2n) is 6.33. The van der Waals surface area contributed by atoms with Crippen LogP contribution in [0, 0.1) is 0 Å². The summed E-state index contributed by atoms with van der Waals surface area (Å²) in [6, 6.07) is 6.12. The summed E-state index contributed by atoms with van der Waals surface area (Å²) in [5.41, 5.74) is 10.3. The molecule has 3 aliphatic rings. The van der Waals surface area contributed by atoms with Gasteiger partial charge in [-0.25, -0.2) is 4.79 Å². The van der Waals surface area contributed by atoms with Crippen molar-refractivity contribution in [2.24, 2.45) is 0 Å². The van der Waals surface area contributed by atoms with Gasteiger partial charge in [0.1, 0.15) is 6.61 Å². The van der Waals surface area contributed by atoms with Crippen LogP contribution in [0.15, 0.2) is 22.7 Å². The van der Waals surface area contributed by atoms with Crippen LogP contribution in [0.3, 0.4) is 0 Å². The molecule has 0 bridgehead atoms. The number of carbonyl (C=O) groups excluding carboxylic acids is 1. The fourth-order valence-corrected chi connectivity index (χ4v) is 3.71. The van der Waals surface area contributed by atoms with Crippen LogP contribution in [0.1, 0.15) is 24.0 Å². The number of nitrogens with zero attached hydrogens (tertiary/aromatic N) is 2. The van der Waals surface area contributed by atoms with Gasteiger partial charge in [0.2, 0.25) is 0 Å². The molecule has 1 aromatic heterocycles. The molecule has 1 saturated carbocycles. The summed E-state index contributed by atoms with van der Waals surface area (Å²) in [5.74, 6) is 1.23. The average molecular weight is 297 g/mol. The third kappa shape index (κ3) is 1.44. The van der Waals surface area contributed by atoms with Crippen molar-refractivity contribution >= 4 is 17.6 Å². The zero-order chi connectivity index (χ0) is 14.9. The Labute approximate surface area is 126 Å². The molecule has 112 valence electrons. The molecule has 0 unspecified atom stereocenters. The number of cyclic esters (lactones) is 1. The highest BCUT2D eigenvalue weighted by Crippen LogP contribution is 2.58. The predicted octanol–water partition coefficient (Wildman–Crippen LogP) is 2.47. The van der Waals surface area contributed by atoms with Gasteiger partial charge in [0.25, 0.3) is 0 Å². The minimum Gasteiger partial charge on any atom is -0.447 e. The number of fused-ring (bicyclic) bond motifs is 4. The SMILES string of the molecule is Nc1noc2c1CC1(CC1)c1ccc(N3CCOC3=O)cc1-2. The highest BCUT2D eigenvalue weighted by atomic mass is 16.6. The highest BCUT2D eigenvalue weighted by molar-refractivity contribution is 5.91. The van der Waals surface area contributed by atoms with Gasteiger partial charge in [0.05, 0.1) is 6.54 Å². The van der Waals surface area contributed by atoms with Gasteiger partial charge in [0.15, 0.2) is 11.6 Å². The van der Waals surface area contributed by atoms with Gasteiger partial charge < -0.3 is 15.0 Å². The molecule has 1 saturated heterocycles. The Hall–Kier alpha value is -2.50. The Kier molecular flexibility index (Phi) is 2.10. The van der Waals surface area contributed by atoms with Gasteiger partial charge in [0, 0.05) is 22.2 Å². The first-order chi connectivity index (χ1) is 10.7. The zero-order valence-corrected chi connectivity index (χ0v) is 12.0. The molecular weight excluding hydrogens is 282 g/mol. The molecule has 22 heavy (non-hydrogen) atoms. The van der Waals surface area contributed by atoms with Crippen LogP contribution in [-0.2, 0) is 16.6 Å². The second-order valence-corrected chi connectivity index (χ2v) is 6.33. The highest BCUT2D eigenvalue weighted by Gasteiger charge is 2.50. The van der Waals surface area contributed by atoms with E-state index in [0.29, 0.717) is 19.0 Å². The third-order valence-corrected chi connectivity index (χ3v) is 5.08. The van der Waals surface area contributed by atoms with Crippen LogP contribution in [-0.4, -0.2) is 24.4 Å². The molecule has 0 atom stereocenters. The summed E-state index contributed by atoms with van der Waals surface area (Å²) < 4.78 is 10.5. The quantitative estimate of drug-likeness (QED) is 0.874. The Bertz CT molecular complexity index is 807. The lowest BCUT2D eigenvalue weighted by Gasteiger charge is -2.25. The topological polar surface area (TPSA) is 81.6 Å². The van der Waals surface area contributed by atoms with Crippen molar-refractivity contribution < 1.29 is 14.1 Å². The lowest BCUT2D eigenvalue weighted by molar-refractivity contribution is 0.181. The molecule has 1 amide bonds. The average Bonchev–Trinajstić information content (AvgIpc) is 3.00. The van der Waals surface area contributed by atoms with Gasteiger partial charge >= 0.3 is 6.09 Å². The third-order valence-electron chi connectivity index (χ3n) is 5.08. The molecular formula is C16H15N3O3. The predicted molar refractivity (Wildman–Crippen MR) is 79.7 cm³/mol. The summed E-state index contributed by atoms with van der Waals surface area (Å²) in [4.78, 5) is 13.4. The van der Waals surface area contributed by atoms with Gasteiger partial charge in [-0.1, -0.05) is 11.2 Å². The van der Waals surface area contributed by atoms with Gasteiger partial charge in [-0.15, -0.1) is 0 Å². The molecule has 6 nitrogen and oxygen atoms in total. The number of hydrogen-bond donors (Lipinski definition) is 1. The Morgan fingerprint density at radius 1 is 1.32 bits per heavy atom. The number of aromatic nitrogens is 1. The smallest absolute Gasteiger partial charge is 0.414 e. The maximum absolute atomic E-state index is 11.8. The van der Waals surface area contributed by atoms with Gasteiger partial charge in [-0.3, -0.25) is 4.90 Å². The molecule has 1 spiro atoms. The first-order valence-electron chi connectivity index (χ1n) is 7.51. The van der Waals surface area contributed by atoms with Crippen LogP contribution < -0.4 is 10.6 Å². The van der Waals surface area contributed by atoms with E-state index in [1.54, 1.807) is 4.90 Å². The minimum absolute atomic E-state index is 0.187. The number of rotatable bonds is 1. The van der Waals surface area contributed by atoms with E-state index in [1.807, 2.05) is 12.1 Å². The normalized spacial score (nSPS) is 20.7. The second kappa shape index (κ2) is 3.82. The van der Waals surface area contributed by atoms with Crippen molar-refractivity contribution in [2.45, 2.75) is 24.7 Å². The number of benzene rings is 1. The van der Waals surface area contributed by atoms with Crippen molar-refractivity contribution in [1.29, 1.82) is 0 Å². The summed E-state index contributed by atoms with van der Waals surface area (Å²) in [6.45, 7) is 1.01. The number of ether oxygens (including phenoxy) is 1. The van der Waals surface area contributed by atoms with E-state index in [9.17, 15) is 4.79 Å². The number of amides is 1. The number of anilines is 2. The van der Waals surface area contributed by atoms with Crippen LogP contribution in [0.2, 0.25) is 0 Å². The van der Waals surface area contributed by atoms with E-state index in [-0.39, 0.29) is 11.5 Å². The van der Waals surface area contributed by atoms with E-state index in [1.165, 1.54) is 5.56 Å². The molecule has 2 fully saturated rings. The van der Waals surface area contributed by atoms with E-state index in [4.69, 9.17) is 15.0 Å². The number of nitrogen functional groups attached to an aromatic ring is 1. The Morgan fingerprint density at radius 3 is 2.91 bits per heavy atom. The summed E-state index contributed by atoms with van der Waals surface area (Å²) >= 11 is 0. The molecule has 2 aliphatic carbocycles. The summed E-state index contributed by atoms with van der Waals surface area (Å²) in [6.07, 6.45) is 2.93. The first kappa shape index (κ1) is 12.1. The molecule has 0 radical (unpaired) electrons. The van der Waals surface area contributed by atoms with Crippen molar-refractivity contribution in [3.8, 4) is 11.3 Å². The monoisotopic (exact) mass is 297 g/mol. The summed E-state index contributed by atoms with van der Waals surface area (Å²) in [7, 11) is 0. The molecule has 5 rings (SSSR count). The van der Waals surface area contributed by atoms with E-state index in [0.717, 1.165) is 41.8 Å². The maximum Gasteiger partial charge on any atom is 0.414 e. The van der Waals surface area contributed by atoms with E-state index in [2.05, 4.69) is 11.2 Å². The Balaban J connectivity index is 1.69. The zero-order valence-electron chi connectivity index (χ0n) is 12.0. The Morgan fingerprint density at radius 2 is 2.18 bits per heavy atom. The van der Waals surface area contributed by atoms with Crippen molar-refractivity contribution in [3.05, 3.63) is 29.3 Å². The lowest BCUT2D eigenvalue weighted by Crippen LogP contribution is -2.24. The van der Waals surface area contributed by atoms with Crippen molar-refractivity contribution in [1.82, 2.24) is 5.16 Å². The van der Waals surface area contributed by atoms with Gasteiger partial charge in [-0.2, -0.15) is 0 Å². The molecule has 1 aromatic carbocycles. The minimum atomic E-state index is -0.297. The van der Waals surface area contributed by atoms with Crippen molar-refractivity contribution in [2.75, 3.05) is 23.8 Å². The van der Waals surface area contributed by atoms with Gasteiger partial charge in [-0.05, 0) is 37.0 Å². The molecule has 2 heterocycles. The van der Waals surface area contributed by atoms with Crippen LogP contribution in [0.4, 0.5) is 16.3 Å². The van der Waals surface area contributed by atoms with Crippen molar-refractivity contribution in [3.63, 3.8) is 0 Å². The number of hydrogen-bond acceptors (Lipinski definition) is 5. The standard InChI is InChI=1S/C16H15N3O3/c17-14-11-8-16(3-4-16)12-2-1-9(19-5-6-21-15(19)20)7-10(12)13(11)22-18-14/h1-2,7H,3-6,8H2,(H2,17,18). The maximum atomic E-state index is 11.8. The van der Waals surface area contributed by atoms with Crippen LogP contribution >= 0.6 is 0 Å². The molecule has 6 heteroatoms. The molecule has 2 aromatic rings. The number of carbonyl (C=O) groups is 1. The summed E-state index contributed by atoms with van der Waals surface area (Å²) in [5, 5.41) is 3.93. The number of nitrogens with two attached hydrogens (primary N) is 1. The largest absolute Gasteiger partial charge is 0.447 e. The van der Waals surface area contributed by atoms with Crippen LogP contribution in [0.25, 0.3) is 11.3 Å². The molecule has 1 aliphatic heterocycles. The fraction of sp³-hybridized carbons (Fsp3) is 0.375.